The van der Waals surface area contributed by atoms with Gasteiger partial charge in [-0.15, -0.1) is 0 Å². The van der Waals surface area contributed by atoms with E-state index < -0.39 is 0 Å². The van der Waals surface area contributed by atoms with Crippen molar-refractivity contribution >= 4 is 11.8 Å². The first-order chi connectivity index (χ1) is 12.1. The zero-order valence-electron chi connectivity index (χ0n) is 13.7. The summed E-state index contributed by atoms with van der Waals surface area (Å²) in [5, 5.41) is 2.84. The van der Waals surface area contributed by atoms with E-state index in [4.69, 9.17) is 4.42 Å². The summed E-state index contributed by atoms with van der Waals surface area (Å²) in [5.74, 6) is 0.639. The molecule has 130 valence electrons. The summed E-state index contributed by atoms with van der Waals surface area (Å²) >= 11 is 0. The molecule has 4 rings (SSSR count). The van der Waals surface area contributed by atoms with E-state index in [0.717, 1.165) is 18.4 Å². The van der Waals surface area contributed by atoms with Gasteiger partial charge in [0.15, 0.2) is 0 Å². The summed E-state index contributed by atoms with van der Waals surface area (Å²) in [6, 6.07) is 9.98. The Morgan fingerprint density at radius 2 is 1.96 bits per heavy atom. The maximum Gasteiger partial charge on any atom is 0.225 e. The molecule has 2 aliphatic rings. The van der Waals surface area contributed by atoms with Crippen LogP contribution in [0.5, 0.6) is 0 Å². The van der Waals surface area contributed by atoms with Crippen molar-refractivity contribution in [3.8, 4) is 11.3 Å². The molecule has 0 radical (unpaired) electrons. The summed E-state index contributed by atoms with van der Waals surface area (Å²) < 4.78 is 18.7. The molecule has 1 N–H and O–H groups in total. The highest BCUT2D eigenvalue weighted by molar-refractivity contribution is 5.89. The molecular weight excluding hydrogens is 323 g/mol. The number of furan rings is 1. The normalized spacial score (nSPS) is 20.1. The largest absolute Gasteiger partial charge is 0.459 e. The predicted molar refractivity (Wildman–Crippen MR) is 88.8 cm³/mol. The van der Waals surface area contributed by atoms with Crippen LogP contribution < -0.4 is 5.32 Å². The molecule has 2 heterocycles. The lowest BCUT2D eigenvalue weighted by atomic mass is 10.1. The van der Waals surface area contributed by atoms with Gasteiger partial charge in [-0.1, -0.05) is 0 Å². The van der Waals surface area contributed by atoms with Gasteiger partial charge in [0.2, 0.25) is 11.8 Å². The number of benzene rings is 1. The molecular formula is C19H19FN2O3. The number of rotatable bonds is 5. The van der Waals surface area contributed by atoms with Crippen molar-refractivity contribution in [1.82, 2.24) is 10.2 Å². The van der Waals surface area contributed by atoms with Crippen LogP contribution in [0.15, 0.2) is 40.8 Å². The molecule has 5 nitrogen and oxygen atoms in total. The predicted octanol–water partition coefficient (Wildman–Crippen LogP) is 2.71. The van der Waals surface area contributed by atoms with Crippen molar-refractivity contribution in [3.05, 3.63) is 48.0 Å². The second-order valence-corrected chi connectivity index (χ2v) is 6.67. The van der Waals surface area contributed by atoms with Crippen LogP contribution in [0, 0.1) is 11.7 Å². The summed E-state index contributed by atoms with van der Waals surface area (Å²) in [6.07, 6.45) is 2.40. The highest BCUT2D eigenvalue weighted by Crippen LogP contribution is 2.32. The summed E-state index contributed by atoms with van der Waals surface area (Å²) in [5.41, 5.74) is 0.778. The zero-order valence-corrected chi connectivity index (χ0v) is 13.7. The van der Waals surface area contributed by atoms with Gasteiger partial charge in [-0.2, -0.15) is 0 Å². The minimum absolute atomic E-state index is 0.0826. The molecule has 1 atom stereocenters. The Kier molecular flexibility index (Phi) is 4.03. The van der Waals surface area contributed by atoms with Crippen LogP contribution in [0.4, 0.5) is 4.39 Å². The Morgan fingerprint density at radius 3 is 2.68 bits per heavy atom. The first-order valence-corrected chi connectivity index (χ1v) is 8.52. The van der Waals surface area contributed by atoms with E-state index >= 15 is 0 Å². The third kappa shape index (κ3) is 3.43. The SMILES string of the molecule is O=C(NCc1ccc(-c2ccc(F)cc2)o1)C1CC(=O)N(C2CC2)C1. The maximum atomic E-state index is 13.0. The Labute approximate surface area is 144 Å². The molecule has 1 unspecified atom stereocenters. The van der Waals surface area contributed by atoms with E-state index in [0.29, 0.717) is 30.5 Å². The number of halogens is 1. The van der Waals surface area contributed by atoms with E-state index in [1.54, 1.807) is 24.3 Å². The van der Waals surface area contributed by atoms with E-state index in [9.17, 15) is 14.0 Å². The van der Waals surface area contributed by atoms with Crippen LogP contribution in [-0.2, 0) is 16.1 Å². The number of nitrogens with zero attached hydrogens (tertiary/aromatic N) is 1. The van der Waals surface area contributed by atoms with Gasteiger partial charge in [0, 0.05) is 24.6 Å². The monoisotopic (exact) mass is 342 g/mol. The topological polar surface area (TPSA) is 62.6 Å². The molecule has 25 heavy (non-hydrogen) atoms. The van der Waals surface area contributed by atoms with Gasteiger partial charge in [-0.3, -0.25) is 9.59 Å². The number of carbonyl (C=O) groups is 2. The average Bonchev–Trinajstić information content (AvgIpc) is 3.21. The van der Waals surface area contributed by atoms with Crippen LogP contribution in [0.1, 0.15) is 25.0 Å². The Hall–Kier alpha value is -2.63. The van der Waals surface area contributed by atoms with Gasteiger partial charge in [0.05, 0.1) is 12.5 Å². The van der Waals surface area contributed by atoms with Crippen molar-refractivity contribution in [2.24, 2.45) is 5.92 Å². The molecule has 6 heteroatoms. The van der Waals surface area contributed by atoms with Gasteiger partial charge >= 0.3 is 0 Å². The number of hydrogen-bond acceptors (Lipinski definition) is 3. The third-order valence-electron chi connectivity index (χ3n) is 4.74. The lowest BCUT2D eigenvalue weighted by Crippen LogP contribution is -2.33. The number of hydrogen-bond donors (Lipinski definition) is 1. The molecule has 2 aromatic rings. The zero-order chi connectivity index (χ0) is 17.4. The van der Waals surface area contributed by atoms with E-state index in [1.165, 1.54) is 12.1 Å². The highest BCUT2D eigenvalue weighted by atomic mass is 19.1. The van der Waals surface area contributed by atoms with Crippen molar-refractivity contribution in [2.45, 2.75) is 31.8 Å². The van der Waals surface area contributed by atoms with Crippen LogP contribution >= 0.6 is 0 Å². The fraction of sp³-hybridized carbons (Fsp3) is 0.368. The fourth-order valence-electron chi connectivity index (χ4n) is 3.21. The average molecular weight is 342 g/mol. The molecule has 1 aliphatic heterocycles. The summed E-state index contributed by atoms with van der Waals surface area (Å²) in [7, 11) is 0. The number of carbonyl (C=O) groups excluding carboxylic acids is 2. The maximum absolute atomic E-state index is 13.0. The molecule has 1 aromatic carbocycles. The summed E-state index contributed by atoms with van der Waals surface area (Å²) in [6.45, 7) is 0.794. The number of likely N-dealkylation sites (tertiary alicyclic amines) is 1. The van der Waals surface area contributed by atoms with Crippen molar-refractivity contribution < 1.29 is 18.4 Å². The Morgan fingerprint density at radius 1 is 1.20 bits per heavy atom. The fourth-order valence-corrected chi connectivity index (χ4v) is 3.21. The van der Waals surface area contributed by atoms with E-state index in [2.05, 4.69) is 5.32 Å². The third-order valence-corrected chi connectivity index (χ3v) is 4.74. The first-order valence-electron chi connectivity index (χ1n) is 8.52. The molecule has 1 saturated carbocycles. The second kappa shape index (κ2) is 6.35. The molecule has 0 bridgehead atoms. The van der Waals surface area contributed by atoms with Crippen molar-refractivity contribution in [3.63, 3.8) is 0 Å². The van der Waals surface area contributed by atoms with Gasteiger partial charge < -0.3 is 14.6 Å². The summed E-state index contributed by atoms with van der Waals surface area (Å²) in [4.78, 5) is 26.1. The van der Waals surface area contributed by atoms with E-state index in [1.807, 2.05) is 4.90 Å². The van der Waals surface area contributed by atoms with Crippen molar-refractivity contribution in [1.29, 1.82) is 0 Å². The quantitative estimate of drug-likeness (QED) is 0.909. The van der Waals surface area contributed by atoms with Gasteiger partial charge in [0.1, 0.15) is 17.3 Å². The van der Waals surface area contributed by atoms with Gasteiger partial charge in [-0.05, 0) is 49.2 Å². The van der Waals surface area contributed by atoms with Gasteiger partial charge in [0.25, 0.3) is 0 Å². The molecule has 1 saturated heterocycles. The molecule has 0 spiro atoms. The number of amides is 2. The first kappa shape index (κ1) is 15.9. The standard InChI is InChI=1S/C19H19FN2O3/c20-14-3-1-12(2-4-14)17-8-7-16(25-17)10-21-19(24)13-9-18(23)22(11-13)15-5-6-15/h1-4,7-8,13,15H,5-6,9-11H2,(H,21,24). The highest BCUT2D eigenvalue weighted by Gasteiger charge is 2.41. The molecule has 1 aliphatic carbocycles. The van der Waals surface area contributed by atoms with Crippen LogP contribution in [0.2, 0.25) is 0 Å². The van der Waals surface area contributed by atoms with Gasteiger partial charge in [-0.25, -0.2) is 4.39 Å². The second-order valence-electron chi connectivity index (χ2n) is 6.67. The lowest BCUT2D eigenvalue weighted by molar-refractivity contribution is -0.129. The number of nitrogens with one attached hydrogen (secondary N) is 1. The minimum atomic E-state index is -0.297. The van der Waals surface area contributed by atoms with Crippen LogP contribution in [0.25, 0.3) is 11.3 Å². The smallest absolute Gasteiger partial charge is 0.225 e. The molecule has 1 aromatic heterocycles. The van der Waals surface area contributed by atoms with Crippen molar-refractivity contribution in [2.75, 3.05) is 6.54 Å². The Balaban J connectivity index is 1.33. The molecule has 2 amide bonds. The van der Waals surface area contributed by atoms with E-state index in [-0.39, 0.29) is 30.1 Å². The molecule has 2 fully saturated rings. The van der Waals surface area contributed by atoms with Crippen LogP contribution in [0.3, 0.4) is 0 Å². The van der Waals surface area contributed by atoms with Crippen LogP contribution in [-0.4, -0.2) is 29.3 Å². The Bertz CT molecular complexity index is 795. The minimum Gasteiger partial charge on any atom is -0.459 e. The lowest BCUT2D eigenvalue weighted by Gasteiger charge is -2.15.